The molecule has 0 unspecified atom stereocenters. The highest BCUT2D eigenvalue weighted by Gasteiger charge is 2.02. The van der Waals surface area contributed by atoms with Gasteiger partial charge in [-0.15, -0.1) is 5.10 Å². The molecule has 0 amide bonds. The standard InChI is InChI=1S/C12H17N5/c1-10-5-6-12(16-15-10)17-9-11(8-14-17)4-3-7-13-2/h5-6,8-9,13H,3-4,7H2,1-2H3. The van der Waals surface area contributed by atoms with Crippen molar-refractivity contribution in [3.63, 3.8) is 0 Å². The Morgan fingerprint density at radius 3 is 2.88 bits per heavy atom. The average Bonchev–Trinajstić information content (AvgIpc) is 2.79. The third-order valence-corrected chi connectivity index (χ3v) is 2.55. The summed E-state index contributed by atoms with van der Waals surface area (Å²) in [6.45, 7) is 2.94. The van der Waals surface area contributed by atoms with Crippen LogP contribution in [0.25, 0.3) is 5.82 Å². The van der Waals surface area contributed by atoms with Crippen molar-refractivity contribution >= 4 is 0 Å². The van der Waals surface area contributed by atoms with E-state index < -0.39 is 0 Å². The number of nitrogens with zero attached hydrogens (tertiary/aromatic N) is 4. The molecule has 0 saturated carbocycles. The zero-order chi connectivity index (χ0) is 12.1. The fourth-order valence-electron chi connectivity index (χ4n) is 1.60. The van der Waals surface area contributed by atoms with Crippen LogP contribution in [0.15, 0.2) is 24.5 Å². The van der Waals surface area contributed by atoms with E-state index in [2.05, 4.69) is 20.6 Å². The van der Waals surface area contributed by atoms with Gasteiger partial charge in [-0.05, 0) is 51.1 Å². The Bertz CT molecular complexity index is 460. The lowest BCUT2D eigenvalue weighted by molar-refractivity contribution is 0.724. The molecule has 17 heavy (non-hydrogen) atoms. The molecule has 2 heterocycles. The summed E-state index contributed by atoms with van der Waals surface area (Å²) in [5.74, 6) is 0.760. The Hall–Kier alpha value is -1.75. The maximum absolute atomic E-state index is 4.29. The Morgan fingerprint density at radius 2 is 2.18 bits per heavy atom. The van der Waals surface area contributed by atoms with Gasteiger partial charge in [-0.2, -0.15) is 10.2 Å². The molecule has 0 fully saturated rings. The minimum absolute atomic E-state index is 0.760. The first-order chi connectivity index (χ1) is 8.29. The molecule has 2 aromatic heterocycles. The molecule has 90 valence electrons. The molecule has 0 spiro atoms. The lowest BCUT2D eigenvalue weighted by atomic mass is 10.2. The van der Waals surface area contributed by atoms with Gasteiger partial charge in [-0.3, -0.25) is 0 Å². The summed E-state index contributed by atoms with van der Waals surface area (Å²) in [6, 6.07) is 3.86. The molecule has 0 aliphatic heterocycles. The Labute approximate surface area is 101 Å². The van der Waals surface area contributed by atoms with Gasteiger partial charge in [0, 0.05) is 6.20 Å². The highest BCUT2D eigenvalue weighted by molar-refractivity contribution is 5.21. The fourth-order valence-corrected chi connectivity index (χ4v) is 1.60. The van der Waals surface area contributed by atoms with E-state index in [4.69, 9.17) is 0 Å². The number of hydrogen-bond acceptors (Lipinski definition) is 4. The summed E-state index contributed by atoms with van der Waals surface area (Å²) < 4.78 is 1.77. The fraction of sp³-hybridized carbons (Fsp3) is 0.417. The SMILES string of the molecule is CNCCCc1cnn(-c2ccc(C)nn2)c1. The molecule has 0 aliphatic rings. The quantitative estimate of drug-likeness (QED) is 0.784. The van der Waals surface area contributed by atoms with Crippen molar-refractivity contribution in [2.45, 2.75) is 19.8 Å². The first-order valence-corrected chi connectivity index (χ1v) is 5.78. The molecule has 0 atom stereocenters. The number of hydrogen-bond donors (Lipinski definition) is 1. The van der Waals surface area contributed by atoms with Crippen LogP contribution in [0.4, 0.5) is 0 Å². The summed E-state index contributed by atoms with van der Waals surface area (Å²) in [6.07, 6.45) is 6.04. The van der Waals surface area contributed by atoms with Gasteiger partial charge in [0.15, 0.2) is 5.82 Å². The molecule has 0 saturated heterocycles. The highest BCUT2D eigenvalue weighted by atomic mass is 15.3. The van der Waals surface area contributed by atoms with Crippen molar-refractivity contribution < 1.29 is 0 Å². The van der Waals surface area contributed by atoms with E-state index in [0.717, 1.165) is 30.9 Å². The Morgan fingerprint density at radius 1 is 1.29 bits per heavy atom. The van der Waals surface area contributed by atoms with Gasteiger partial charge in [0.25, 0.3) is 0 Å². The van der Waals surface area contributed by atoms with Crippen LogP contribution >= 0.6 is 0 Å². The van der Waals surface area contributed by atoms with Crippen LogP contribution in [0.3, 0.4) is 0 Å². The van der Waals surface area contributed by atoms with Crippen molar-refractivity contribution in [3.05, 3.63) is 35.8 Å². The number of rotatable bonds is 5. The molecular weight excluding hydrogens is 214 g/mol. The van der Waals surface area contributed by atoms with Crippen LogP contribution < -0.4 is 5.32 Å². The minimum atomic E-state index is 0.760. The lowest BCUT2D eigenvalue weighted by Gasteiger charge is -1.99. The summed E-state index contributed by atoms with van der Waals surface area (Å²) in [5, 5.41) is 15.5. The zero-order valence-corrected chi connectivity index (χ0v) is 10.2. The van der Waals surface area contributed by atoms with Crippen molar-refractivity contribution in [1.29, 1.82) is 0 Å². The molecular formula is C12H17N5. The summed E-state index contributed by atoms with van der Waals surface area (Å²) in [5.41, 5.74) is 2.14. The lowest BCUT2D eigenvalue weighted by Crippen LogP contribution is -2.08. The highest BCUT2D eigenvalue weighted by Crippen LogP contribution is 2.06. The Kier molecular flexibility index (Phi) is 3.82. The van der Waals surface area contributed by atoms with E-state index in [0.29, 0.717) is 0 Å². The second kappa shape index (κ2) is 5.54. The van der Waals surface area contributed by atoms with E-state index in [9.17, 15) is 0 Å². The summed E-state index contributed by atoms with van der Waals surface area (Å²) in [7, 11) is 1.96. The van der Waals surface area contributed by atoms with Gasteiger partial charge in [0.1, 0.15) is 0 Å². The van der Waals surface area contributed by atoms with E-state index in [1.54, 1.807) is 4.68 Å². The van der Waals surface area contributed by atoms with Crippen molar-refractivity contribution in [1.82, 2.24) is 25.3 Å². The molecule has 5 nitrogen and oxygen atoms in total. The largest absolute Gasteiger partial charge is 0.320 e. The number of aromatic nitrogens is 4. The van der Waals surface area contributed by atoms with Crippen LogP contribution in [0.2, 0.25) is 0 Å². The molecule has 5 heteroatoms. The predicted octanol–water partition coefficient (Wildman–Crippen LogP) is 1.12. The van der Waals surface area contributed by atoms with Crippen molar-refractivity contribution in [3.8, 4) is 5.82 Å². The summed E-state index contributed by atoms with van der Waals surface area (Å²) >= 11 is 0. The molecule has 0 radical (unpaired) electrons. The second-order valence-electron chi connectivity index (χ2n) is 4.03. The van der Waals surface area contributed by atoms with E-state index in [1.807, 2.05) is 38.5 Å². The third kappa shape index (κ3) is 3.10. The van der Waals surface area contributed by atoms with Crippen LogP contribution in [0.1, 0.15) is 17.7 Å². The number of aryl methyl sites for hydroxylation is 2. The first-order valence-electron chi connectivity index (χ1n) is 5.78. The molecule has 1 N–H and O–H groups in total. The first kappa shape index (κ1) is 11.7. The minimum Gasteiger partial charge on any atom is -0.320 e. The zero-order valence-electron chi connectivity index (χ0n) is 10.2. The molecule has 2 rings (SSSR count). The van der Waals surface area contributed by atoms with E-state index >= 15 is 0 Å². The van der Waals surface area contributed by atoms with Gasteiger partial charge >= 0.3 is 0 Å². The second-order valence-corrected chi connectivity index (χ2v) is 4.03. The number of nitrogens with one attached hydrogen (secondary N) is 1. The third-order valence-electron chi connectivity index (χ3n) is 2.55. The summed E-state index contributed by atoms with van der Waals surface area (Å²) in [4.78, 5) is 0. The van der Waals surface area contributed by atoms with Gasteiger partial charge in [0.2, 0.25) is 0 Å². The smallest absolute Gasteiger partial charge is 0.175 e. The predicted molar refractivity (Wildman–Crippen MR) is 66.1 cm³/mol. The van der Waals surface area contributed by atoms with Crippen LogP contribution in [0, 0.1) is 6.92 Å². The molecule has 0 aliphatic carbocycles. The average molecular weight is 231 g/mol. The van der Waals surface area contributed by atoms with Crippen LogP contribution in [-0.2, 0) is 6.42 Å². The Balaban J connectivity index is 2.04. The van der Waals surface area contributed by atoms with Gasteiger partial charge in [-0.25, -0.2) is 4.68 Å². The van der Waals surface area contributed by atoms with Gasteiger partial charge in [0.05, 0.1) is 11.9 Å². The molecule has 0 aromatic carbocycles. The monoisotopic (exact) mass is 231 g/mol. The van der Waals surface area contributed by atoms with Crippen LogP contribution in [0.5, 0.6) is 0 Å². The van der Waals surface area contributed by atoms with E-state index in [-0.39, 0.29) is 0 Å². The van der Waals surface area contributed by atoms with E-state index in [1.165, 1.54) is 5.56 Å². The van der Waals surface area contributed by atoms with Gasteiger partial charge in [-0.1, -0.05) is 0 Å². The maximum atomic E-state index is 4.29. The normalized spacial score (nSPS) is 10.7. The molecule has 0 bridgehead atoms. The van der Waals surface area contributed by atoms with Gasteiger partial charge < -0.3 is 5.32 Å². The maximum Gasteiger partial charge on any atom is 0.175 e. The van der Waals surface area contributed by atoms with Crippen molar-refractivity contribution in [2.75, 3.05) is 13.6 Å². The molecule has 2 aromatic rings. The van der Waals surface area contributed by atoms with Crippen molar-refractivity contribution in [2.24, 2.45) is 0 Å². The topological polar surface area (TPSA) is 55.6 Å². The van der Waals surface area contributed by atoms with Crippen LogP contribution in [-0.4, -0.2) is 33.6 Å².